The zero-order valence-corrected chi connectivity index (χ0v) is 16.2. The van der Waals surface area contributed by atoms with E-state index >= 15 is 0 Å². The van der Waals surface area contributed by atoms with Crippen LogP contribution in [0, 0.1) is 6.92 Å². The summed E-state index contributed by atoms with van der Waals surface area (Å²) in [7, 11) is 0. The third-order valence-corrected chi connectivity index (χ3v) is 4.68. The Labute approximate surface area is 166 Å². The summed E-state index contributed by atoms with van der Waals surface area (Å²) in [5.74, 6) is -0.277. The SMILES string of the molecule is Cc1cccc(NCc2cccc(NC(=O)C(CCN)c3ccccc3)c2)c1. The number of anilines is 2. The molecule has 0 saturated heterocycles. The van der Waals surface area contributed by atoms with E-state index < -0.39 is 0 Å². The molecule has 0 bridgehead atoms. The van der Waals surface area contributed by atoms with E-state index in [1.54, 1.807) is 0 Å². The highest BCUT2D eigenvalue weighted by molar-refractivity contribution is 5.95. The maximum atomic E-state index is 12.8. The predicted molar refractivity (Wildman–Crippen MR) is 116 cm³/mol. The normalized spacial score (nSPS) is 11.6. The third kappa shape index (κ3) is 5.44. The van der Waals surface area contributed by atoms with Crippen LogP contribution < -0.4 is 16.4 Å². The van der Waals surface area contributed by atoms with Crippen molar-refractivity contribution in [2.75, 3.05) is 17.2 Å². The van der Waals surface area contributed by atoms with Crippen LogP contribution in [0.15, 0.2) is 78.9 Å². The van der Waals surface area contributed by atoms with Crippen molar-refractivity contribution in [3.8, 4) is 0 Å². The molecule has 0 aliphatic heterocycles. The molecule has 0 aliphatic carbocycles. The van der Waals surface area contributed by atoms with E-state index in [4.69, 9.17) is 5.73 Å². The maximum absolute atomic E-state index is 12.8. The Hall–Kier alpha value is -3.11. The van der Waals surface area contributed by atoms with Crippen LogP contribution in [0.3, 0.4) is 0 Å². The van der Waals surface area contributed by atoms with Crippen LogP contribution >= 0.6 is 0 Å². The van der Waals surface area contributed by atoms with Gasteiger partial charge in [0.2, 0.25) is 5.91 Å². The molecule has 3 aromatic carbocycles. The largest absolute Gasteiger partial charge is 0.381 e. The number of rotatable bonds is 8. The first-order valence-corrected chi connectivity index (χ1v) is 9.61. The van der Waals surface area contributed by atoms with Crippen LogP contribution in [-0.2, 0) is 11.3 Å². The second kappa shape index (κ2) is 9.72. The van der Waals surface area contributed by atoms with Gasteiger partial charge in [0.05, 0.1) is 5.92 Å². The van der Waals surface area contributed by atoms with Crippen molar-refractivity contribution in [1.29, 1.82) is 0 Å². The molecule has 0 aliphatic rings. The lowest BCUT2D eigenvalue weighted by Gasteiger charge is -2.17. The van der Waals surface area contributed by atoms with Gasteiger partial charge < -0.3 is 16.4 Å². The van der Waals surface area contributed by atoms with E-state index in [-0.39, 0.29) is 11.8 Å². The average Bonchev–Trinajstić information content (AvgIpc) is 2.71. The van der Waals surface area contributed by atoms with Gasteiger partial charge in [-0.05, 0) is 60.8 Å². The molecule has 1 atom stereocenters. The highest BCUT2D eigenvalue weighted by atomic mass is 16.1. The molecule has 4 heteroatoms. The summed E-state index contributed by atoms with van der Waals surface area (Å²) in [6.07, 6.45) is 0.616. The Morgan fingerprint density at radius 2 is 1.68 bits per heavy atom. The first kappa shape index (κ1) is 19.6. The van der Waals surface area contributed by atoms with Gasteiger partial charge in [-0.1, -0.05) is 54.6 Å². The Morgan fingerprint density at radius 3 is 2.43 bits per heavy atom. The van der Waals surface area contributed by atoms with E-state index in [0.29, 0.717) is 19.5 Å². The van der Waals surface area contributed by atoms with E-state index in [0.717, 1.165) is 22.5 Å². The monoisotopic (exact) mass is 373 g/mol. The van der Waals surface area contributed by atoms with Gasteiger partial charge in [-0.3, -0.25) is 4.79 Å². The van der Waals surface area contributed by atoms with E-state index in [1.165, 1.54) is 5.56 Å². The molecule has 0 fully saturated rings. The molecule has 0 radical (unpaired) electrons. The molecule has 28 heavy (non-hydrogen) atoms. The standard InChI is InChI=1S/C24H27N3O/c1-18-7-5-11-21(15-18)26-17-19-8-6-12-22(16-19)27-24(28)23(13-14-25)20-9-3-2-4-10-20/h2-12,15-16,23,26H,13-14,17,25H2,1H3,(H,27,28). The Balaban J connectivity index is 1.66. The first-order chi connectivity index (χ1) is 13.7. The molecule has 4 N–H and O–H groups in total. The lowest BCUT2D eigenvalue weighted by molar-refractivity contribution is -0.117. The summed E-state index contributed by atoms with van der Waals surface area (Å²) in [5.41, 5.74) is 10.9. The molecule has 0 saturated carbocycles. The number of carbonyl (C=O) groups is 1. The van der Waals surface area contributed by atoms with Crippen molar-refractivity contribution in [3.05, 3.63) is 95.6 Å². The van der Waals surface area contributed by atoms with Crippen molar-refractivity contribution in [2.24, 2.45) is 5.73 Å². The fourth-order valence-electron chi connectivity index (χ4n) is 3.25. The zero-order valence-electron chi connectivity index (χ0n) is 16.2. The summed E-state index contributed by atoms with van der Waals surface area (Å²) in [6.45, 7) is 3.23. The minimum Gasteiger partial charge on any atom is -0.381 e. The summed E-state index contributed by atoms with van der Waals surface area (Å²) >= 11 is 0. The molecular formula is C24H27N3O. The fourth-order valence-corrected chi connectivity index (χ4v) is 3.25. The van der Waals surface area contributed by atoms with Crippen molar-refractivity contribution in [3.63, 3.8) is 0 Å². The van der Waals surface area contributed by atoms with Gasteiger partial charge in [-0.25, -0.2) is 0 Å². The third-order valence-electron chi connectivity index (χ3n) is 4.68. The van der Waals surface area contributed by atoms with Crippen molar-refractivity contribution < 1.29 is 4.79 Å². The van der Waals surface area contributed by atoms with E-state index in [9.17, 15) is 4.79 Å². The van der Waals surface area contributed by atoms with Crippen LogP contribution in [0.1, 0.15) is 29.0 Å². The van der Waals surface area contributed by atoms with Crippen LogP contribution in [0.25, 0.3) is 0 Å². The van der Waals surface area contributed by atoms with Crippen LogP contribution in [0.2, 0.25) is 0 Å². The smallest absolute Gasteiger partial charge is 0.231 e. The predicted octanol–water partition coefficient (Wildman–Crippen LogP) is 4.68. The van der Waals surface area contributed by atoms with Crippen molar-refractivity contribution in [1.82, 2.24) is 0 Å². The quantitative estimate of drug-likeness (QED) is 0.537. The molecular weight excluding hydrogens is 346 g/mol. The summed E-state index contributed by atoms with van der Waals surface area (Å²) < 4.78 is 0. The maximum Gasteiger partial charge on any atom is 0.231 e. The lowest BCUT2D eigenvalue weighted by Crippen LogP contribution is -2.23. The molecule has 0 spiro atoms. The van der Waals surface area contributed by atoms with Crippen LogP contribution in [-0.4, -0.2) is 12.5 Å². The fraction of sp³-hybridized carbons (Fsp3) is 0.208. The Morgan fingerprint density at radius 1 is 0.929 bits per heavy atom. The zero-order chi connectivity index (χ0) is 19.8. The van der Waals surface area contributed by atoms with Crippen LogP contribution in [0.5, 0.6) is 0 Å². The molecule has 3 rings (SSSR count). The number of amides is 1. The van der Waals surface area contributed by atoms with Gasteiger partial charge in [0.15, 0.2) is 0 Å². The van der Waals surface area contributed by atoms with Gasteiger partial charge >= 0.3 is 0 Å². The van der Waals surface area contributed by atoms with Gasteiger partial charge in [0, 0.05) is 17.9 Å². The topological polar surface area (TPSA) is 67.1 Å². The van der Waals surface area contributed by atoms with Crippen molar-refractivity contribution >= 4 is 17.3 Å². The second-order valence-electron chi connectivity index (χ2n) is 6.95. The first-order valence-electron chi connectivity index (χ1n) is 9.61. The molecule has 3 aromatic rings. The highest BCUT2D eigenvalue weighted by Gasteiger charge is 2.19. The lowest BCUT2D eigenvalue weighted by atomic mass is 9.94. The number of aryl methyl sites for hydroxylation is 1. The molecule has 1 unspecified atom stereocenters. The Bertz CT molecular complexity index is 908. The number of nitrogens with one attached hydrogen (secondary N) is 2. The number of carbonyl (C=O) groups excluding carboxylic acids is 1. The van der Waals surface area contributed by atoms with Crippen LogP contribution in [0.4, 0.5) is 11.4 Å². The van der Waals surface area contributed by atoms with Crippen molar-refractivity contribution in [2.45, 2.75) is 25.8 Å². The molecule has 4 nitrogen and oxygen atoms in total. The second-order valence-corrected chi connectivity index (χ2v) is 6.95. The van der Waals surface area contributed by atoms with Gasteiger partial charge in [0.1, 0.15) is 0 Å². The molecule has 0 aromatic heterocycles. The number of hydrogen-bond donors (Lipinski definition) is 3. The van der Waals surface area contributed by atoms with E-state index in [2.05, 4.69) is 35.8 Å². The molecule has 0 heterocycles. The molecule has 144 valence electrons. The number of nitrogens with two attached hydrogens (primary N) is 1. The minimum atomic E-state index is -0.250. The van der Waals surface area contributed by atoms with Gasteiger partial charge in [-0.2, -0.15) is 0 Å². The minimum absolute atomic E-state index is 0.0274. The number of hydrogen-bond acceptors (Lipinski definition) is 3. The number of benzene rings is 3. The summed E-state index contributed by atoms with van der Waals surface area (Å²) in [6, 6.07) is 26.0. The van der Waals surface area contributed by atoms with E-state index in [1.807, 2.05) is 60.7 Å². The van der Waals surface area contributed by atoms with Gasteiger partial charge in [0.25, 0.3) is 0 Å². The average molecular weight is 374 g/mol. The highest BCUT2D eigenvalue weighted by Crippen LogP contribution is 2.22. The summed E-state index contributed by atoms with van der Waals surface area (Å²) in [5, 5.41) is 6.47. The van der Waals surface area contributed by atoms with Gasteiger partial charge in [-0.15, -0.1) is 0 Å². The summed E-state index contributed by atoms with van der Waals surface area (Å²) in [4.78, 5) is 12.8. The molecule has 1 amide bonds. The Kier molecular flexibility index (Phi) is 6.82.